The van der Waals surface area contributed by atoms with Crippen molar-refractivity contribution in [3.63, 3.8) is 0 Å². The molecule has 2 aromatic carbocycles. The zero-order valence-corrected chi connectivity index (χ0v) is 15.7. The van der Waals surface area contributed by atoms with Crippen LogP contribution >= 0.6 is 0 Å². The highest BCUT2D eigenvalue weighted by molar-refractivity contribution is 5.78. The van der Waals surface area contributed by atoms with Gasteiger partial charge in [-0.25, -0.2) is 4.39 Å². The van der Waals surface area contributed by atoms with E-state index in [-0.39, 0.29) is 24.4 Å². The van der Waals surface area contributed by atoms with Crippen molar-refractivity contribution >= 4 is 5.91 Å². The highest BCUT2D eigenvalue weighted by Gasteiger charge is 2.28. The third-order valence-corrected chi connectivity index (χ3v) is 4.80. The topological polar surface area (TPSA) is 42.0 Å². The fourth-order valence-electron chi connectivity index (χ4n) is 3.30. The average Bonchev–Trinajstić information content (AvgIpc) is 2.82. The van der Waals surface area contributed by atoms with Crippen LogP contribution in [0.5, 0.6) is 5.75 Å². The van der Waals surface area contributed by atoms with Crippen LogP contribution in [0.3, 0.4) is 0 Å². The van der Waals surface area contributed by atoms with Crippen molar-refractivity contribution in [1.29, 1.82) is 0 Å². The number of carbonyl (C=O) groups excluding carboxylic acids is 1. The van der Waals surface area contributed by atoms with Crippen LogP contribution in [0.4, 0.5) is 4.39 Å². The monoisotopic (exact) mass is 372 g/mol. The van der Waals surface area contributed by atoms with Crippen molar-refractivity contribution in [2.45, 2.75) is 19.2 Å². The maximum absolute atomic E-state index is 14.3. The number of ether oxygens (including phenoxy) is 2. The summed E-state index contributed by atoms with van der Waals surface area (Å²) in [6.45, 7) is 2.22. The van der Waals surface area contributed by atoms with E-state index in [1.807, 2.05) is 40.1 Å². The van der Waals surface area contributed by atoms with Gasteiger partial charge in [0.2, 0.25) is 5.91 Å². The second-order valence-corrected chi connectivity index (χ2v) is 6.74. The van der Waals surface area contributed by atoms with Crippen molar-refractivity contribution in [3.05, 3.63) is 65.5 Å². The Balaban J connectivity index is 1.72. The number of nitrogens with zero attached hydrogens (tertiary/aromatic N) is 2. The number of amides is 1. The summed E-state index contributed by atoms with van der Waals surface area (Å²) in [4.78, 5) is 16.5. The molecule has 27 heavy (non-hydrogen) atoms. The Labute approximate surface area is 159 Å². The molecule has 1 aliphatic rings. The molecule has 2 aromatic rings. The third-order valence-electron chi connectivity index (χ3n) is 4.80. The van der Waals surface area contributed by atoms with Crippen molar-refractivity contribution in [2.75, 3.05) is 33.9 Å². The highest BCUT2D eigenvalue weighted by Crippen LogP contribution is 2.19. The molecule has 0 N–H and O–H groups in total. The third kappa shape index (κ3) is 5.05. The Morgan fingerprint density at radius 1 is 1.07 bits per heavy atom. The van der Waals surface area contributed by atoms with E-state index >= 15 is 0 Å². The molecule has 6 heteroatoms. The number of benzene rings is 2. The minimum atomic E-state index is -0.332. The number of hydrogen-bond donors (Lipinski definition) is 0. The second-order valence-electron chi connectivity index (χ2n) is 6.74. The molecule has 1 amide bonds. The first-order chi connectivity index (χ1) is 13.1. The van der Waals surface area contributed by atoms with E-state index in [1.165, 1.54) is 13.2 Å². The van der Waals surface area contributed by atoms with Crippen LogP contribution in [-0.2, 0) is 22.6 Å². The van der Waals surface area contributed by atoms with Gasteiger partial charge in [0.1, 0.15) is 11.6 Å². The van der Waals surface area contributed by atoms with Gasteiger partial charge < -0.3 is 14.4 Å². The SMILES string of the molecule is COc1ccc(CN2CC(=O)N(Cc3ccccc3)C[C@H](OC)C2)c(F)c1. The Morgan fingerprint density at radius 2 is 1.85 bits per heavy atom. The van der Waals surface area contributed by atoms with E-state index in [0.717, 1.165) is 5.56 Å². The summed E-state index contributed by atoms with van der Waals surface area (Å²) in [5.41, 5.74) is 1.62. The Hall–Kier alpha value is -2.44. The standard InChI is InChI=1S/C21H25FN2O3/c1-26-18-9-8-17(20(22)10-18)12-23-13-19(27-2)14-24(21(25)15-23)11-16-6-4-3-5-7-16/h3-10,19H,11-15H2,1-2H3/t19-/m1/s1. The molecule has 144 valence electrons. The molecule has 5 nitrogen and oxygen atoms in total. The van der Waals surface area contributed by atoms with Crippen molar-refractivity contribution in [1.82, 2.24) is 9.80 Å². The Kier molecular flexibility index (Phi) is 6.42. The molecule has 1 aliphatic heterocycles. The first kappa shape index (κ1) is 19.3. The lowest BCUT2D eigenvalue weighted by Crippen LogP contribution is -2.37. The normalized spacial score (nSPS) is 18.4. The van der Waals surface area contributed by atoms with Crippen LogP contribution in [0.25, 0.3) is 0 Å². The summed E-state index contributed by atoms with van der Waals surface area (Å²) >= 11 is 0. The van der Waals surface area contributed by atoms with E-state index in [0.29, 0.717) is 37.5 Å². The fourth-order valence-corrected chi connectivity index (χ4v) is 3.30. The van der Waals surface area contributed by atoms with Gasteiger partial charge in [0.05, 0.1) is 19.8 Å². The summed E-state index contributed by atoms with van der Waals surface area (Å²) in [6, 6.07) is 14.7. The fraction of sp³-hybridized carbons (Fsp3) is 0.381. The molecular formula is C21H25FN2O3. The quantitative estimate of drug-likeness (QED) is 0.782. The number of carbonyl (C=O) groups is 1. The maximum atomic E-state index is 14.3. The number of hydrogen-bond acceptors (Lipinski definition) is 4. The van der Waals surface area contributed by atoms with Gasteiger partial charge in [0, 0.05) is 44.9 Å². The van der Waals surface area contributed by atoms with E-state index in [1.54, 1.807) is 19.2 Å². The maximum Gasteiger partial charge on any atom is 0.237 e. The van der Waals surface area contributed by atoms with Gasteiger partial charge >= 0.3 is 0 Å². The molecule has 1 saturated heterocycles. The summed E-state index contributed by atoms with van der Waals surface area (Å²) in [6.07, 6.45) is -0.124. The largest absolute Gasteiger partial charge is 0.497 e. The Bertz CT molecular complexity index is 769. The van der Waals surface area contributed by atoms with Crippen molar-refractivity contribution in [2.24, 2.45) is 0 Å². The van der Waals surface area contributed by atoms with Crippen LogP contribution in [-0.4, -0.2) is 55.7 Å². The van der Waals surface area contributed by atoms with Crippen LogP contribution in [0.1, 0.15) is 11.1 Å². The molecule has 0 radical (unpaired) electrons. The summed E-state index contributed by atoms with van der Waals surface area (Å²) < 4.78 is 24.9. The molecule has 1 fully saturated rings. The molecule has 3 rings (SSSR count). The van der Waals surface area contributed by atoms with Crippen LogP contribution in [0.2, 0.25) is 0 Å². The van der Waals surface area contributed by atoms with Crippen molar-refractivity contribution in [3.8, 4) is 5.75 Å². The van der Waals surface area contributed by atoms with E-state index in [2.05, 4.69) is 0 Å². The molecule has 0 unspecified atom stereocenters. The summed E-state index contributed by atoms with van der Waals surface area (Å²) in [5, 5.41) is 0. The predicted octanol–water partition coefficient (Wildman–Crippen LogP) is 2.69. The molecule has 0 spiro atoms. The lowest BCUT2D eigenvalue weighted by molar-refractivity contribution is -0.132. The lowest BCUT2D eigenvalue weighted by Gasteiger charge is -2.23. The number of methoxy groups -OCH3 is 2. The Morgan fingerprint density at radius 3 is 2.52 bits per heavy atom. The molecule has 0 aromatic heterocycles. The smallest absolute Gasteiger partial charge is 0.237 e. The van der Waals surface area contributed by atoms with Crippen LogP contribution in [0, 0.1) is 5.82 Å². The molecule has 1 heterocycles. The molecular weight excluding hydrogens is 347 g/mol. The van der Waals surface area contributed by atoms with E-state index in [9.17, 15) is 9.18 Å². The number of halogens is 1. The number of rotatable bonds is 6. The van der Waals surface area contributed by atoms with Gasteiger partial charge in [-0.3, -0.25) is 9.69 Å². The molecule has 0 aliphatic carbocycles. The zero-order chi connectivity index (χ0) is 19.2. The first-order valence-electron chi connectivity index (χ1n) is 8.98. The average molecular weight is 372 g/mol. The van der Waals surface area contributed by atoms with Crippen molar-refractivity contribution < 1.29 is 18.7 Å². The van der Waals surface area contributed by atoms with Gasteiger partial charge in [0.15, 0.2) is 0 Å². The van der Waals surface area contributed by atoms with Crippen LogP contribution < -0.4 is 4.74 Å². The van der Waals surface area contributed by atoms with E-state index in [4.69, 9.17) is 9.47 Å². The zero-order valence-electron chi connectivity index (χ0n) is 15.7. The molecule has 0 saturated carbocycles. The highest BCUT2D eigenvalue weighted by atomic mass is 19.1. The van der Waals surface area contributed by atoms with Gasteiger partial charge in [-0.1, -0.05) is 36.4 Å². The minimum Gasteiger partial charge on any atom is -0.497 e. The van der Waals surface area contributed by atoms with Gasteiger partial charge in [0.25, 0.3) is 0 Å². The second kappa shape index (κ2) is 8.97. The minimum absolute atomic E-state index is 0.0207. The van der Waals surface area contributed by atoms with Gasteiger partial charge in [-0.2, -0.15) is 0 Å². The predicted molar refractivity (Wildman–Crippen MR) is 101 cm³/mol. The summed E-state index contributed by atoms with van der Waals surface area (Å²) in [7, 11) is 3.15. The van der Waals surface area contributed by atoms with Crippen LogP contribution in [0.15, 0.2) is 48.5 Å². The summed E-state index contributed by atoms with van der Waals surface area (Å²) in [5.74, 6) is 0.167. The van der Waals surface area contributed by atoms with Gasteiger partial charge in [-0.05, 0) is 11.6 Å². The first-order valence-corrected chi connectivity index (χ1v) is 8.98. The molecule has 1 atom stereocenters. The lowest BCUT2D eigenvalue weighted by atomic mass is 10.2. The molecule has 0 bridgehead atoms. The van der Waals surface area contributed by atoms with Gasteiger partial charge in [-0.15, -0.1) is 0 Å². The van der Waals surface area contributed by atoms with E-state index < -0.39 is 0 Å².